The fourth-order valence-electron chi connectivity index (χ4n) is 2.43. The molecule has 1 aromatic heterocycles. The molecule has 0 spiro atoms. The van der Waals surface area contributed by atoms with Crippen molar-refractivity contribution >= 4 is 17.0 Å². The summed E-state index contributed by atoms with van der Waals surface area (Å²) in [6.07, 6.45) is 3.83. The zero-order chi connectivity index (χ0) is 12.5. The van der Waals surface area contributed by atoms with Crippen LogP contribution < -0.4 is 4.90 Å². The van der Waals surface area contributed by atoms with E-state index in [2.05, 4.69) is 28.2 Å². The first-order chi connectivity index (χ1) is 8.74. The minimum atomic E-state index is 0.259. The van der Waals surface area contributed by atoms with Crippen LogP contribution in [0.15, 0.2) is 18.2 Å². The number of H-pyrrole nitrogens is 1. The number of imidazole rings is 1. The number of nitrogens with one attached hydrogen (secondary N) is 1. The Hall–Kier alpha value is -1.55. The number of hydrogen-bond donors (Lipinski definition) is 1. The standard InChI is InChI=1S/C14H19N3O/c1-17(2)14-15-11-7-6-10(9-12(11)16-14)13-5-3-4-8-18-13/h6-7,9,13H,3-5,8H2,1-2H3,(H,15,16). The molecule has 1 N–H and O–H groups in total. The molecular weight excluding hydrogens is 226 g/mol. The van der Waals surface area contributed by atoms with E-state index in [1.54, 1.807) is 0 Å². The second kappa shape index (κ2) is 4.61. The number of benzene rings is 1. The van der Waals surface area contributed by atoms with Crippen molar-refractivity contribution in [1.29, 1.82) is 0 Å². The number of aromatic amines is 1. The molecule has 0 amide bonds. The molecule has 96 valence electrons. The van der Waals surface area contributed by atoms with E-state index >= 15 is 0 Å². The van der Waals surface area contributed by atoms with Crippen molar-refractivity contribution in [3.05, 3.63) is 23.8 Å². The van der Waals surface area contributed by atoms with Crippen LogP contribution in [0, 0.1) is 0 Å². The summed E-state index contributed by atoms with van der Waals surface area (Å²) < 4.78 is 5.82. The molecule has 1 unspecified atom stereocenters. The van der Waals surface area contributed by atoms with Gasteiger partial charge in [0.25, 0.3) is 0 Å². The lowest BCUT2D eigenvalue weighted by atomic mass is 10.0. The average molecular weight is 245 g/mol. The zero-order valence-electron chi connectivity index (χ0n) is 10.9. The van der Waals surface area contributed by atoms with Gasteiger partial charge in [0, 0.05) is 20.7 Å². The fourth-order valence-corrected chi connectivity index (χ4v) is 2.43. The first-order valence-electron chi connectivity index (χ1n) is 6.52. The molecule has 1 atom stereocenters. The van der Waals surface area contributed by atoms with E-state index in [1.807, 2.05) is 19.0 Å². The van der Waals surface area contributed by atoms with E-state index in [4.69, 9.17) is 4.74 Å². The fraction of sp³-hybridized carbons (Fsp3) is 0.500. The predicted octanol–water partition coefficient (Wildman–Crippen LogP) is 2.87. The lowest BCUT2D eigenvalue weighted by Gasteiger charge is -2.22. The van der Waals surface area contributed by atoms with Gasteiger partial charge in [-0.25, -0.2) is 4.98 Å². The Kier molecular flexibility index (Phi) is 2.96. The van der Waals surface area contributed by atoms with Crippen LogP contribution in [0.5, 0.6) is 0 Å². The smallest absolute Gasteiger partial charge is 0.203 e. The quantitative estimate of drug-likeness (QED) is 0.884. The third-order valence-electron chi connectivity index (χ3n) is 3.47. The van der Waals surface area contributed by atoms with Crippen molar-refractivity contribution in [1.82, 2.24) is 9.97 Å². The van der Waals surface area contributed by atoms with Crippen LogP contribution >= 0.6 is 0 Å². The zero-order valence-corrected chi connectivity index (χ0v) is 10.9. The van der Waals surface area contributed by atoms with Crippen molar-refractivity contribution < 1.29 is 4.74 Å². The van der Waals surface area contributed by atoms with E-state index < -0.39 is 0 Å². The van der Waals surface area contributed by atoms with E-state index in [0.29, 0.717) is 0 Å². The molecule has 3 rings (SSSR count). The third-order valence-corrected chi connectivity index (χ3v) is 3.47. The van der Waals surface area contributed by atoms with E-state index in [1.165, 1.54) is 18.4 Å². The molecule has 1 fully saturated rings. The molecule has 1 aliphatic rings. The number of nitrogens with zero attached hydrogens (tertiary/aromatic N) is 2. The second-order valence-corrected chi connectivity index (χ2v) is 5.09. The topological polar surface area (TPSA) is 41.2 Å². The lowest BCUT2D eigenvalue weighted by molar-refractivity contribution is 0.0150. The Morgan fingerprint density at radius 1 is 1.33 bits per heavy atom. The number of aromatic nitrogens is 2. The molecule has 2 aromatic rings. The first kappa shape index (κ1) is 11.5. The van der Waals surface area contributed by atoms with Crippen LogP contribution in [0.4, 0.5) is 5.95 Å². The van der Waals surface area contributed by atoms with Gasteiger partial charge < -0.3 is 14.6 Å². The molecule has 0 aliphatic carbocycles. The lowest BCUT2D eigenvalue weighted by Crippen LogP contribution is -2.11. The molecule has 0 bridgehead atoms. The monoisotopic (exact) mass is 245 g/mol. The molecule has 0 radical (unpaired) electrons. The molecule has 0 saturated carbocycles. The summed E-state index contributed by atoms with van der Waals surface area (Å²) in [6.45, 7) is 0.884. The highest BCUT2D eigenvalue weighted by Crippen LogP contribution is 2.29. The van der Waals surface area contributed by atoms with Gasteiger partial charge in [-0.3, -0.25) is 0 Å². The van der Waals surface area contributed by atoms with Crippen molar-refractivity contribution in [3.8, 4) is 0 Å². The Bertz CT molecular complexity index is 541. The maximum atomic E-state index is 5.82. The van der Waals surface area contributed by atoms with Gasteiger partial charge in [-0.1, -0.05) is 6.07 Å². The van der Waals surface area contributed by atoms with Gasteiger partial charge in [0.1, 0.15) is 0 Å². The first-order valence-corrected chi connectivity index (χ1v) is 6.52. The second-order valence-electron chi connectivity index (χ2n) is 5.09. The van der Waals surface area contributed by atoms with Crippen molar-refractivity contribution in [2.24, 2.45) is 0 Å². The Morgan fingerprint density at radius 2 is 2.22 bits per heavy atom. The van der Waals surface area contributed by atoms with Crippen LogP contribution in [-0.4, -0.2) is 30.7 Å². The molecule has 4 nitrogen and oxygen atoms in total. The summed E-state index contributed by atoms with van der Waals surface area (Å²) in [5.74, 6) is 0.895. The van der Waals surface area contributed by atoms with Crippen LogP contribution in [-0.2, 0) is 4.74 Å². The van der Waals surface area contributed by atoms with E-state index in [0.717, 1.165) is 30.0 Å². The largest absolute Gasteiger partial charge is 0.374 e. The van der Waals surface area contributed by atoms with Crippen LogP contribution in [0.25, 0.3) is 11.0 Å². The number of anilines is 1. The normalized spacial score (nSPS) is 20.2. The summed E-state index contributed by atoms with van der Waals surface area (Å²) in [5, 5.41) is 0. The van der Waals surface area contributed by atoms with Gasteiger partial charge in [-0.05, 0) is 37.0 Å². The highest BCUT2D eigenvalue weighted by Gasteiger charge is 2.16. The molecule has 1 aromatic carbocycles. The predicted molar refractivity (Wildman–Crippen MR) is 73.0 cm³/mol. The van der Waals surface area contributed by atoms with E-state index in [-0.39, 0.29) is 6.10 Å². The molecule has 2 heterocycles. The van der Waals surface area contributed by atoms with Crippen molar-refractivity contribution in [3.63, 3.8) is 0 Å². The van der Waals surface area contributed by atoms with Crippen LogP contribution in [0.3, 0.4) is 0 Å². The van der Waals surface area contributed by atoms with Gasteiger partial charge >= 0.3 is 0 Å². The molecule has 4 heteroatoms. The maximum Gasteiger partial charge on any atom is 0.203 e. The number of rotatable bonds is 2. The van der Waals surface area contributed by atoms with Gasteiger partial charge in [-0.2, -0.15) is 0 Å². The minimum absolute atomic E-state index is 0.259. The Labute approximate surface area is 107 Å². The summed E-state index contributed by atoms with van der Waals surface area (Å²) in [6, 6.07) is 6.38. The SMILES string of the molecule is CN(C)c1nc2ccc(C3CCCCO3)cc2[nH]1. The van der Waals surface area contributed by atoms with Crippen molar-refractivity contribution in [2.45, 2.75) is 25.4 Å². The summed E-state index contributed by atoms with van der Waals surface area (Å²) in [4.78, 5) is 9.84. The third kappa shape index (κ3) is 2.08. The molecule has 1 saturated heterocycles. The number of hydrogen-bond acceptors (Lipinski definition) is 3. The summed E-state index contributed by atoms with van der Waals surface area (Å²) >= 11 is 0. The average Bonchev–Trinajstić information content (AvgIpc) is 2.82. The van der Waals surface area contributed by atoms with Gasteiger partial charge in [-0.15, -0.1) is 0 Å². The summed E-state index contributed by atoms with van der Waals surface area (Å²) in [5.41, 5.74) is 3.36. The highest BCUT2D eigenvalue weighted by atomic mass is 16.5. The minimum Gasteiger partial charge on any atom is -0.374 e. The van der Waals surface area contributed by atoms with Gasteiger partial charge in [0.2, 0.25) is 5.95 Å². The molecule has 1 aliphatic heterocycles. The number of fused-ring (bicyclic) bond motifs is 1. The Balaban J connectivity index is 1.94. The number of ether oxygens (including phenoxy) is 1. The van der Waals surface area contributed by atoms with E-state index in [9.17, 15) is 0 Å². The van der Waals surface area contributed by atoms with Crippen LogP contribution in [0.1, 0.15) is 30.9 Å². The highest BCUT2D eigenvalue weighted by molar-refractivity contribution is 5.78. The molecule has 18 heavy (non-hydrogen) atoms. The van der Waals surface area contributed by atoms with Gasteiger partial charge in [0.05, 0.1) is 17.1 Å². The Morgan fingerprint density at radius 3 is 2.94 bits per heavy atom. The molecular formula is C14H19N3O. The summed E-state index contributed by atoms with van der Waals surface area (Å²) in [7, 11) is 3.98. The maximum absolute atomic E-state index is 5.82. The van der Waals surface area contributed by atoms with Crippen molar-refractivity contribution in [2.75, 3.05) is 25.6 Å². The van der Waals surface area contributed by atoms with Crippen LogP contribution in [0.2, 0.25) is 0 Å². The van der Waals surface area contributed by atoms with Gasteiger partial charge in [0.15, 0.2) is 0 Å².